The Labute approximate surface area is 253 Å². The summed E-state index contributed by atoms with van der Waals surface area (Å²) in [4.78, 5) is 26.1. The van der Waals surface area contributed by atoms with Crippen molar-refractivity contribution in [3.05, 3.63) is 105 Å². The molecule has 6 nitrogen and oxygen atoms in total. The molecule has 0 radical (unpaired) electrons. The third-order valence-corrected chi connectivity index (χ3v) is 8.16. The number of carboxylic acid groups (broad SMARTS) is 1. The van der Waals surface area contributed by atoms with Crippen LogP contribution in [0.2, 0.25) is 10.0 Å². The summed E-state index contributed by atoms with van der Waals surface area (Å²) < 4.78 is 31.4. The van der Waals surface area contributed by atoms with E-state index in [4.69, 9.17) is 28.3 Å². The highest BCUT2D eigenvalue weighted by Crippen LogP contribution is 2.56. The Balaban J connectivity index is 1.77. The minimum absolute atomic E-state index is 0.0782. The van der Waals surface area contributed by atoms with Crippen LogP contribution in [0.25, 0.3) is 0 Å². The van der Waals surface area contributed by atoms with Gasteiger partial charge in [-0.05, 0) is 53.6 Å². The molecule has 3 aromatic carbocycles. The third kappa shape index (κ3) is 6.44. The number of hydrogen-bond acceptors (Lipinski definition) is 4. The number of carbonyl (C=O) groups is 2. The van der Waals surface area contributed by atoms with Gasteiger partial charge in [-0.25, -0.2) is 13.6 Å². The summed E-state index contributed by atoms with van der Waals surface area (Å²) >= 11 is 12.3. The number of hydrogen-bond donors (Lipinski definition) is 2. The van der Waals surface area contributed by atoms with Crippen molar-refractivity contribution in [2.45, 2.75) is 45.2 Å². The number of likely N-dealkylation sites (tertiary alicyclic amines) is 1. The summed E-state index contributed by atoms with van der Waals surface area (Å²) in [6.07, 6.45) is 0.482. The number of nitrogens with one attached hydrogen (secondary N) is 1. The van der Waals surface area contributed by atoms with Gasteiger partial charge in [0.05, 0.1) is 29.2 Å². The van der Waals surface area contributed by atoms with Gasteiger partial charge in [0, 0.05) is 29.2 Å². The maximum atomic E-state index is 15.7. The van der Waals surface area contributed by atoms with Crippen molar-refractivity contribution >= 4 is 35.1 Å². The van der Waals surface area contributed by atoms with Gasteiger partial charge in [-0.15, -0.1) is 0 Å². The maximum absolute atomic E-state index is 15.7. The molecule has 3 aromatic rings. The predicted molar refractivity (Wildman–Crippen MR) is 157 cm³/mol. The Kier molecular flexibility index (Phi) is 9.27. The summed E-state index contributed by atoms with van der Waals surface area (Å²) in [7, 11) is 0. The Morgan fingerprint density at radius 3 is 2.40 bits per heavy atom. The SMILES string of the molecule is CC(C)(C)CC1CN(CC(=O)NCc2ccc(C(=O)O)cc2)C(c2cccc(Cl)c2F)C1(C#N)c1ccc(Cl)cc1F. The zero-order chi connectivity index (χ0) is 30.8. The van der Waals surface area contributed by atoms with Crippen LogP contribution in [0.5, 0.6) is 0 Å². The summed E-state index contributed by atoms with van der Waals surface area (Å²) in [6, 6.07) is 16.0. The number of nitriles is 1. The Morgan fingerprint density at radius 2 is 1.81 bits per heavy atom. The van der Waals surface area contributed by atoms with Crippen molar-refractivity contribution in [2.75, 3.05) is 13.1 Å². The van der Waals surface area contributed by atoms with E-state index in [1.165, 1.54) is 36.4 Å². The average molecular weight is 615 g/mol. The van der Waals surface area contributed by atoms with Crippen molar-refractivity contribution < 1.29 is 23.5 Å². The van der Waals surface area contributed by atoms with E-state index in [2.05, 4.69) is 11.4 Å². The van der Waals surface area contributed by atoms with Crippen LogP contribution in [0, 0.1) is 34.3 Å². The first kappa shape index (κ1) is 31.4. The average Bonchev–Trinajstić information content (AvgIpc) is 3.20. The number of carboxylic acids is 1. The van der Waals surface area contributed by atoms with Crippen molar-refractivity contribution in [2.24, 2.45) is 11.3 Å². The lowest BCUT2D eigenvalue weighted by atomic mass is 9.63. The smallest absolute Gasteiger partial charge is 0.335 e. The van der Waals surface area contributed by atoms with Crippen LogP contribution in [0.3, 0.4) is 0 Å². The molecule has 1 heterocycles. The van der Waals surface area contributed by atoms with E-state index < -0.39 is 40.9 Å². The molecule has 1 fully saturated rings. The quantitative estimate of drug-likeness (QED) is 0.281. The lowest BCUT2D eigenvalue weighted by Crippen LogP contribution is -2.42. The third-order valence-electron chi connectivity index (χ3n) is 7.63. The first-order chi connectivity index (χ1) is 19.8. The lowest BCUT2D eigenvalue weighted by molar-refractivity contribution is -0.122. The monoisotopic (exact) mass is 613 g/mol. The molecular formula is C32H31Cl2F2N3O3. The number of nitrogens with zero attached hydrogens (tertiary/aromatic N) is 2. The molecule has 1 saturated heterocycles. The van der Waals surface area contributed by atoms with Gasteiger partial charge >= 0.3 is 5.97 Å². The number of halogens is 4. The zero-order valence-corrected chi connectivity index (χ0v) is 24.9. The molecule has 1 aliphatic rings. The second-order valence-electron chi connectivity index (χ2n) is 11.8. The normalized spacial score (nSPS) is 20.7. The number of rotatable bonds is 8. The first-order valence-electron chi connectivity index (χ1n) is 13.4. The molecule has 0 spiro atoms. The number of benzene rings is 3. The first-order valence-corrected chi connectivity index (χ1v) is 14.2. The van der Waals surface area contributed by atoms with Gasteiger partial charge in [-0.1, -0.05) is 74.3 Å². The molecule has 0 bridgehead atoms. The Bertz CT molecular complexity index is 1540. The standard InChI is InChI=1S/C32H31Cl2F2N3O3/c1-31(2,3)14-21-16-39(17-27(40)38-15-19-7-9-20(10-8-19)30(41)42)29(23-5-4-6-25(34)28(23)36)32(21,18-37)24-12-11-22(33)13-26(24)35/h4-13,21,29H,14-17H2,1-3H3,(H,38,40)(H,41,42). The van der Waals surface area contributed by atoms with E-state index >= 15 is 8.78 Å². The minimum atomic E-state index is -1.58. The van der Waals surface area contributed by atoms with Crippen molar-refractivity contribution in [1.29, 1.82) is 5.26 Å². The molecule has 3 atom stereocenters. The fourth-order valence-electron chi connectivity index (χ4n) is 5.95. The predicted octanol–water partition coefficient (Wildman–Crippen LogP) is 7.16. The van der Waals surface area contributed by atoms with Gasteiger partial charge in [0.15, 0.2) is 0 Å². The molecule has 2 N–H and O–H groups in total. The van der Waals surface area contributed by atoms with E-state index in [-0.39, 0.29) is 51.8 Å². The topological polar surface area (TPSA) is 93.4 Å². The molecule has 0 saturated carbocycles. The molecular weight excluding hydrogens is 583 g/mol. The molecule has 1 aliphatic heterocycles. The van der Waals surface area contributed by atoms with Crippen LogP contribution < -0.4 is 5.32 Å². The summed E-state index contributed by atoms with van der Waals surface area (Å²) in [5.41, 5.74) is -0.886. The molecule has 0 aliphatic carbocycles. The Morgan fingerprint density at radius 1 is 1.12 bits per heavy atom. The van der Waals surface area contributed by atoms with E-state index in [1.807, 2.05) is 20.8 Å². The van der Waals surface area contributed by atoms with Crippen LogP contribution in [0.1, 0.15) is 60.3 Å². The maximum Gasteiger partial charge on any atom is 0.335 e. The van der Waals surface area contributed by atoms with E-state index in [9.17, 15) is 14.9 Å². The molecule has 220 valence electrons. The second-order valence-corrected chi connectivity index (χ2v) is 12.7. The van der Waals surface area contributed by atoms with Crippen molar-refractivity contribution in [3.63, 3.8) is 0 Å². The van der Waals surface area contributed by atoms with Crippen LogP contribution in [-0.2, 0) is 16.8 Å². The van der Waals surface area contributed by atoms with Gasteiger partial charge in [-0.2, -0.15) is 5.26 Å². The van der Waals surface area contributed by atoms with E-state index in [0.717, 1.165) is 6.07 Å². The molecule has 0 aromatic heterocycles. The Hall–Kier alpha value is -3.51. The zero-order valence-electron chi connectivity index (χ0n) is 23.4. The van der Waals surface area contributed by atoms with Crippen LogP contribution in [0.15, 0.2) is 60.7 Å². The second kappa shape index (κ2) is 12.4. The van der Waals surface area contributed by atoms with Crippen molar-refractivity contribution in [3.8, 4) is 6.07 Å². The van der Waals surface area contributed by atoms with E-state index in [1.54, 1.807) is 23.1 Å². The van der Waals surface area contributed by atoms with Crippen molar-refractivity contribution in [1.82, 2.24) is 10.2 Å². The highest BCUT2D eigenvalue weighted by Gasteiger charge is 2.58. The van der Waals surface area contributed by atoms with E-state index in [0.29, 0.717) is 12.0 Å². The number of carbonyl (C=O) groups excluding carboxylic acids is 1. The van der Waals surface area contributed by atoms with Gasteiger partial charge in [0.1, 0.15) is 17.0 Å². The van der Waals surface area contributed by atoms with Gasteiger partial charge in [-0.3, -0.25) is 9.69 Å². The fraction of sp³-hybridized carbons (Fsp3) is 0.344. The van der Waals surface area contributed by atoms with Crippen LogP contribution >= 0.6 is 23.2 Å². The molecule has 42 heavy (non-hydrogen) atoms. The van der Waals surface area contributed by atoms with Gasteiger partial charge in [0.2, 0.25) is 5.91 Å². The molecule has 10 heteroatoms. The highest BCUT2D eigenvalue weighted by molar-refractivity contribution is 6.31. The molecule has 1 amide bonds. The highest BCUT2D eigenvalue weighted by atomic mass is 35.5. The van der Waals surface area contributed by atoms with Gasteiger partial charge in [0.25, 0.3) is 0 Å². The molecule has 4 rings (SSSR count). The number of amides is 1. The summed E-state index contributed by atoms with van der Waals surface area (Å²) in [5, 5.41) is 22.9. The van der Waals surface area contributed by atoms with Crippen LogP contribution in [0.4, 0.5) is 8.78 Å². The lowest BCUT2D eigenvalue weighted by Gasteiger charge is -2.38. The number of aromatic carboxylic acids is 1. The summed E-state index contributed by atoms with van der Waals surface area (Å²) in [5.74, 6) is -3.37. The fourth-order valence-corrected chi connectivity index (χ4v) is 6.29. The van der Waals surface area contributed by atoms with Crippen LogP contribution in [-0.4, -0.2) is 35.0 Å². The molecule has 3 unspecified atom stereocenters. The largest absolute Gasteiger partial charge is 0.478 e. The minimum Gasteiger partial charge on any atom is -0.478 e. The van der Waals surface area contributed by atoms with Gasteiger partial charge < -0.3 is 10.4 Å². The summed E-state index contributed by atoms with van der Waals surface area (Å²) in [6.45, 7) is 6.16.